The van der Waals surface area contributed by atoms with Crippen LogP contribution in [0.15, 0.2) is 66.3 Å². The first-order valence-corrected chi connectivity index (χ1v) is 10.5. The molecule has 2 amide bonds. The number of urea groups is 1. The molecule has 0 unspecified atom stereocenters. The van der Waals surface area contributed by atoms with Crippen molar-refractivity contribution in [1.82, 2.24) is 15.5 Å². The first-order valence-electron chi connectivity index (χ1n) is 10.5. The van der Waals surface area contributed by atoms with Crippen molar-refractivity contribution in [3.63, 3.8) is 0 Å². The Hall–Kier alpha value is -2.33. The summed E-state index contributed by atoms with van der Waals surface area (Å²) in [5, 5.41) is 6.48. The van der Waals surface area contributed by atoms with E-state index in [1.807, 2.05) is 81.2 Å². The van der Waals surface area contributed by atoms with Crippen LogP contribution in [0.3, 0.4) is 0 Å². The van der Waals surface area contributed by atoms with Gasteiger partial charge in [-0.15, -0.1) is 0 Å². The number of hydrogen-bond donors (Lipinski definition) is 2. The average molecular weight is 384 g/mol. The van der Waals surface area contributed by atoms with Gasteiger partial charge in [-0.1, -0.05) is 74.6 Å². The molecule has 1 aliphatic rings. The van der Waals surface area contributed by atoms with E-state index in [2.05, 4.69) is 22.8 Å². The molecular formula is C24H37N3O. The molecular weight excluding hydrogens is 346 g/mol. The number of amides is 2. The number of rotatable bonds is 7. The molecule has 0 aliphatic carbocycles. The predicted molar refractivity (Wildman–Crippen MR) is 120 cm³/mol. The average Bonchev–Trinajstić information content (AvgIpc) is 2.77. The van der Waals surface area contributed by atoms with Crippen LogP contribution in [-0.2, 0) is 6.54 Å². The van der Waals surface area contributed by atoms with Crippen molar-refractivity contribution in [2.75, 3.05) is 19.6 Å². The quantitative estimate of drug-likeness (QED) is 0.647. The summed E-state index contributed by atoms with van der Waals surface area (Å²) in [7, 11) is 0. The second-order valence-corrected chi connectivity index (χ2v) is 6.50. The molecule has 154 valence electrons. The highest BCUT2D eigenvalue weighted by atomic mass is 16.2. The molecule has 0 spiro atoms. The van der Waals surface area contributed by atoms with Gasteiger partial charge >= 0.3 is 6.03 Å². The SMILES string of the molecule is CC.C\C=C/C=C\C(=C/C)CNC(=O)N(Cc1ccccc1)C1CCNCC1. The third-order valence-electron chi connectivity index (χ3n) is 4.63. The Morgan fingerprint density at radius 3 is 2.43 bits per heavy atom. The Morgan fingerprint density at radius 2 is 1.82 bits per heavy atom. The molecule has 0 aromatic heterocycles. The molecule has 0 bridgehead atoms. The summed E-state index contributed by atoms with van der Waals surface area (Å²) in [4.78, 5) is 14.9. The van der Waals surface area contributed by atoms with Crippen molar-refractivity contribution in [1.29, 1.82) is 0 Å². The summed E-state index contributed by atoms with van der Waals surface area (Å²) < 4.78 is 0. The van der Waals surface area contributed by atoms with Crippen LogP contribution in [0.1, 0.15) is 46.1 Å². The maximum atomic E-state index is 12.9. The molecule has 1 aliphatic heterocycles. The van der Waals surface area contributed by atoms with Gasteiger partial charge < -0.3 is 15.5 Å². The minimum atomic E-state index is 0.0135. The molecule has 1 saturated heterocycles. The van der Waals surface area contributed by atoms with Gasteiger partial charge in [-0.25, -0.2) is 4.79 Å². The van der Waals surface area contributed by atoms with Crippen LogP contribution < -0.4 is 10.6 Å². The van der Waals surface area contributed by atoms with Crippen molar-refractivity contribution >= 4 is 6.03 Å². The summed E-state index contributed by atoms with van der Waals surface area (Å²) >= 11 is 0. The van der Waals surface area contributed by atoms with Crippen LogP contribution in [0.25, 0.3) is 0 Å². The molecule has 2 rings (SSSR count). The van der Waals surface area contributed by atoms with Crippen molar-refractivity contribution in [2.45, 2.75) is 53.1 Å². The lowest BCUT2D eigenvalue weighted by Crippen LogP contribution is -2.49. The fraction of sp³-hybridized carbons (Fsp3) is 0.458. The fourth-order valence-electron chi connectivity index (χ4n) is 3.09. The Bertz CT molecular complexity index is 629. The monoisotopic (exact) mass is 383 g/mol. The number of carbonyl (C=O) groups excluding carboxylic acids is 1. The van der Waals surface area contributed by atoms with Crippen molar-refractivity contribution < 1.29 is 4.79 Å². The molecule has 1 heterocycles. The lowest BCUT2D eigenvalue weighted by molar-refractivity contribution is 0.155. The zero-order valence-corrected chi connectivity index (χ0v) is 17.9. The Morgan fingerprint density at radius 1 is 1.14 bits per heavy atom. The molecule has 28 heavy (non-hydrogen) atoms. The molecule has 1 aromatic rings. The van der Waals surface area contributed by atoms with E-state index in [1.54, 1.807) is 0 Å². The number of nitrogens with one attached hydrogen (secondary N) is 2. The van der Waals surface area contributed by atoms with E-state index < -0.39 is 0 Å². The third-order valence-corrected chi connectivity index (χ3v) is 4.63. The Balaban J connectivity index is 0.00000190. The first kappa shape index (κ1) is 23.7. The maximum absolute atomic E-state index is 12.9. The minimum absolute atomic E-state index is 0.0135. The van der Waals surface area contributed by atoms with Crippen LogP contribution >= 0.6 is 0 Å². The van der Waals surface area contributed by atoms with Crippen LogP contribution in [0.5, 0.6) is 0 Å². The first-order chi connectivity index (χ1) is 13.7. The van der Waals surface area contributed by atoms with Crippen molar-refractivity contribution in [2.24, 2.45) is 0 Å². The Kier molecular flexibility index (Phi) is 12.4. The van der Waals surface area contributed by atoms with E-state index >= 15 is 0 Å². The van der Waals surface area contributed by atoms with Crippen molar-refractivity contribution in [3.05, 3.63) is 71.8 Å². The van der Waals surface area contributed by atoms with E-state index in [4.69, 9.17) is 0 Å². The second-order valence-electron chi connectivity index (χ2n) is 6.50. The molecule has 0 saturated carbocycles. The summed E-state index contributed by atoms with van der Waals surface area (Å²) in [6.45, 7) is 11.1. The highest BCUT2D eigenvalue weighted by Gasteiger charge is 2.25. The molecule has 4 heteroatoms. The van der Waals surface area contributed by atoms with Crippen LogP contribution in [-0.4, -0.2) is 36.6 Å². The molecule has 0 radical (unpaired) electrons. The van der Waals surface area contributed by atoms with E-state index in [9.17, 15) is 4.79 Å². The van der Waals surface area contributed by atoms with E-state index in [0.717, 1.165) is 31.5 Å². The number of allylic oxidation sites excluding steroid dienone is 4. The Labute approximate surface area is 171 Å². The zero-order valence-electron chi connectivity index (χ0n) is 17.9. The van der Waals surface area contributed by atoms with Gasteiger partial charge in [0.15, 0.2) is 0 Å². The lowest BCUT2D eigenvalue weighted by Gasteiger charge is -2.35. The molecule has 2 N–H and O–H groups in total. The van der Waals surface area contributed by atoms with Gasteiger partial charge in [0, 0.05) is 19.1 Å². The maximum Gasteiger partial charge on any atom is 0.318 e. The number of hydrogen-bond acceptors (Lipinski definition) is 2. The van der Waals surface area contributed by atoms with Crippen molar-refractivity contribution in [3.8, 4) is 0 Å². The number of nitrogens with zero attached hydrogens (tertiary/aromatic N) is 1. The summed E-state index contributed by atoms with van der Waals surface area (Å²) in [5.74, 6) is 0. The summed E-state index contributed by atoms with van der Waals surface area (Å²) in [6.07, 6.45) is 12.0. The highest BCUT2D eigenvalue weighted by Crippen LogP contribution is 2.16. The summed E-state index contributed by atoms with van der Waals surface area (Å²) in [5.41, 5.74) is 2.27. The van der Waals surface area contributed by atoms with E-state index in [-0.39, 0.29) is 12.1 Å². The van der Waals surface area contributed by atoms with Gasteiger partial charge in [-0.05, 0) is 50.9 Å². The van der Waals surface area contributed by atoms with Crippen LogP contribution in [0.4, 0.5) is 4.79 Å². The van der Waals surface area contributed by atoms with E-state index in [0.29, 0.717) is 13.1 Å². The molecule has 0 atom stereocenters. The van der Waals surface area contributed by atoms with E-state index in [1.165, 1.54) is 5.56 Å². The highest BCUT2D eigenvalue weighted by molar-refractivity contribution is 5.75. The smallest absolute Gasteiger partial charge is 0.318 e. The van der Waals surface area contributed by atoms with Gasteiger partial charge in [-0.3, -0.25) is 0 Å². The molecule has 4 nitrogen and oxygen atoms in total. The molecule has 1 aromatic carbocycles. The zero-order chi connectivity index (χ0) is 20.6. The predicted octanol–water partition coefficient (Wildman–Crippen LogP) is 5.06. The van der Waals surface area contributed by atoms with Gasteiger partial charge in [0.1, 0.15) is 0 Å². The van der Waals surface area contributed by atoms with Gasteiger partial charge in [0.05, 0.1) is 0 Å². The largest absolute Gasteiger partial charge is 0.334 e. The number of carbonyl (C=O) groups is 1. The second kappa shape index (κ2) is 14.7. The lowest BCUT2D eigenvalue weighted by atomic mass is 10.0. The van der Waals surface area contributed by atoms with Gasteiger partial charge in [-0.2, -0.15) is 0 Å². The van der Waals surface area contributed by atoms with Crippen LogP contribution in [0, 0.1) is 0 Å². The van der Waals surface area contributed by atoms with Gasteiger partial charge in [0.25, 0.3) is 0 Å². The summed E-state index contributed by atoms with van der Waals surface area (Å²) in [6, 6.07) is 10.5. The van der Waals surface area contributed by atoms with Crippen LogP contribution in [0.2, 0.25) is 0 Å². The number of piperidine rings is 1. The number of benzene rings is 1. The minimum Gasteiger partial charge on any atom is -0.334 e. The molecule has 1 fully saturated rings. The standard InChI is InChI=1S/C22H31N3O.C2H6/c1-3-5-7-10-19(4-2)17-24-22(26)25(21-13-15-23-16-14-21)18-20-11-8-6-9-12-20;1-2/h3-12,21,23H,13-18H2,1-2H3,(H,24,26);1-2H3/b5-3-,10-7-,19-4+;. The normalized spacial score (nSPS) is 15.4. The van der Waals surface area contributed by atoms with Gasteiger partial charge in [0.2, 0.25) is 0 Å². The fourth-order valence-corrected chi connectivity index (χ4v) is 3.09. The third kappa shape index (κ3) is 8.57. The topological polar surface area (TPSA) is 44.4 Å².